The van der Waals surface area contributed by atoms with Crippen LogP contribution in [0.25, 0.3) is 0 Å². The second-order valence-corrected chi connectivity index (χ2v) is 5.63. The number of benzene rings is 1. The molecule has 1 aliphatic heterocycles. The Morgan fingerprint density at radius 1 is 1.18 bits per heavy atom. The van der Waals surface area contributed by atoms with Crippen molar-refractivity contribution in [1.82, 2.24) is 0 Å². The highest BCUT2D eigenvalue weighted by Gasteiger charge is 2.44. The van der Waals surface area contributed by atoms with Crippen LogP contribution in [0.4, 0.5) is 5.69 Å². The van der Waals surface area contributed by atoms with Crippen LogP contribution in [0, 0.1) is 0 Å². The molecule has 0 amide bonds. The Labute approximate surface area is 133 Å². The molecule has 1 aromatic rings. The normalized spacial score (nSPS) is 31.6. The molecule has 22 heavy (non-hydrogen) atoms. The quantitative estimate of drug-likeness (QED) is 0.476. The first-order valence-corrected chi connectivity index (χ1v) is 7.18. The highest BCUT2D eigenvalue weighted by atomic mass is 32.1. The van der Waals surface area contributed by atoms with Gasteiger partial charge in [-0.2, -0.15) is 0 Å². The largest absolute Gasteiger partial charge is 0.462 e. The third kappa shape index (κ3) is 3.92. The van der Waals surface area contributed by atoms with E-state index in [9.17, 15) is 15.3 Å². The third-order valence-corrected chi connectivity index (χ3v) is 3.38. The van der Waals surface area contributed by atoms with E-state index < -0.39 is 37.3 Å². The average Bonchev–Trinajstić information content (AvgIpc) is 2.49. The topological polar surface area (TPSA) is 111 Å². The summed E-state index contributed by atoms with van der Waals surface area (Å²) in [5.41, 5.74) is 0.786. The second kappa shape index (κ2) is 7.32. The minimum Gasteiger partial charge on any atom is -0.462 e. The summed E-state index contributed by atoms with van der Waals surface area (Å²) in [6, 6.07) is 6.74. The van der Waals surface area contributed by atoms with Crippen molar-refractivity contribution < 1.29 is 29.9 Å². The molecule has 1 aromatic carbocycles. The Morgan fingerprint density at radius 2 is 1.82 bits per heavy atom. The summed E-state index contributed by atoms with van der Waals surface area (Å²) < 4.78 is 10.7. The van der Waals surface area contributed by atoms with Crippen molar-refractivity contribution in [3.8, 4) is 5.75 Å². The summed E-state index contributed by atoms with van der Waals surface area (Å²) in [6.45, 7) is 1.26. The number of rotatable bonds is 4. The maximum atomic E-state index is 9.88. The lowest BCUT2D eigenvalue weighted by Gasteiger charge is -2.39. The molecule has 0 saturated carbocycles. The molecule has 0 bridgehead atoms. The lowest BCUT2D eigenvalue weighted by atomic mass is 9.99. The van der Waals surface area contributed by atoms with E-state index in [4.69, 9.17) is 26.8 Å². The van der Waals surface area contributed by atoms with Gasteiger partial charge in [-0.25, -0.2) is 0 Å². The maximum absolute atomic E-state index is 9.88. The second-order valence-electron chi connectivity index (χ2n) is 5.02. The number of hydrogen-bond acceptors (Lipinski definition) is 7. The van der Waals surface area contributed by atoms with Gasteiger partial charge in [-0.15, -0.1) is 0 Å². The molecule has 7 nitrogen and oxygen atoms in total. The average molecular weight is 329 g/mol. The van der Waals surface area contributed by atoms with Gasteiger partial charge in [0.05, 0.1) is 11.6 Å². The molecule has 1 heterocycles. The SMILES string of the molecule is CC(=S)Nc1ccc(O[C@@H]2OC(CO)[C@H](O)[C@H](O)C2O)cc1. The van der Waals surface area contributed by atoms with Crippen molar-refractivity contribution in [3.05, 3.63) is 24.3 Å². The number of aliphatic hydroxyl groups is 4. The number of ether oxygens (including phenoxy) is 2. The summed E-state index contributed by atoms with van der Waals surface area (Å²) in [5, 5.41) is 41.3. The van der Waals surface area contributed by atoms with Gasteiger partial charge in [0, 0.05) is 5.69 Å². The Morgan fingerprint density at radius 3 is 2.36 bits per heavy atom. The van der Waals surface area contributed by atoms with E-state index >= 15 is 0 Å². The van der Waals surface area contributed by atoms with E-state index in [2.05, 4.69) is 5.32 Å². The molecule has 2 rings (SSSR count). The summed E-state index contributed by atoms with van der Waals surface area (Å²) >= 11 is 4.94. The van der Waals surface area contributed by atoms with Gasteiger partial charge in [-0.05, 0) is 31.2 Å². The molecule has 8 heteroatoms. The predicted molar refractivity (Wildman–Crippen MR) is 82.7 cm³/mol. The van der Waals surface area contributed by atoms with E-state index in [1.165, 1.54) is 0 Å². The zero-order valence-corrected chi connectivity index (χ0v) is 12.7. The van der Waals surface area contributed by atoms with Crippen LogP contribution in [-0.4, -0.2) is 62.7 Å². The number of hydrogen-bond donors (Lipinski definition) is 5. The lowest BCUT2D eigenvalue weighted by molar-refractivity contribution is -0.277. The maximum Gasteiger partial charge on any atom is 0.229 e. The highest BCUT2D eigenvalue weighted by Crippen LogP contribution is 2.25. The fraction of sp³-hybridized carbons (Fsp3) is 0.500. The van der Waals surface area contributed by atoms with Gasteiger partial charge in [0.2, 0.25) is 6.29 Å². The number of thiocarbonyl (C=S) groups is 1. The van der Waals surface area contributed by atoms with Gasteiger partial charge in [-0.1, -0.05) is 12.2 Å². The van der Waals surface area contributed by atoms with Gasteiger partial charge in [-0.3, -0.25) is 0 Å². The molecule has 1 aliphatic rings. The molecule has 0 aromatic heterocycles. The van der Waals surface area contributed by atoms with E-state index in [-0.39, 0.29) is 0 Å². The molecule has 2 unspecified atom stereocenters. The summed E-state index contributed by atoms with van der Waals surface area (Å²) in [4.78, 5) is 0.627. The van der Waals surface area contributed by atoms with Crippen molar-refractivity contribution in [2.45, 2.75) is 37.6 Å². The summed E-state index contributed by atoms with van der Waals surface area (Å²) in [6.07, 6.45) is -6.49. The molecule has 0 spiro atoms. The first kappa shape index (κ1) is 17.1. The van der Waals surface area contributed by atoms with Crippen molar-refractivity contribution in [2.24, 2.45) is 0 Å². The molecular formula is C14H19NO6S. The zero-order valence-electron chi connectivity index (χ0n) is 11.9. The van der Waals surface area contributed by atoms with Crippen molar-refractivity contribution in [1.29, 1.82) is 0 Å². The molecule has 5 N–H and O–H groups in total. The molecular weight excluding hydrogens is 310 g/mol. The fourth-order valence-corrected chi connectivity index (χ4v) is 2.24. The standard InChI is InChI=1S/C14H19NO6S/c1-7(22)15-8-2-4-9(5-3-8)20-14-13(19)12(18)11(17)10(6-16)21-14/h2-5,10-14,16-19H,6H2,1H3,(H,15,22)/t10?,11-,12-,13?,14+/m0/s1. The number of anilines is 1. The summed E-state index contributed by atoms with van der Waals surface area (Å²) in [5.74, 6) is 0.400. The number of aliphatic hydroxyl groups excluding tert-OH is 4. The highest BCUT2D eigenvalue weighted by molar-refractivity contribution is 7.80. The minimum atomic E-state index is -1.46. The molecule has 122 valence electrons. The molecule has 1 fully saturated rings. The van der Waals surface area contributed by atoms with Crippen LogP contribution in [0.15, 0.2) is 24.3 Å². The van der Waals surface area contributed by atoms with E-state index in [1.54, 1.807) is 31.2 Å². The Balaban J connectivity index is 2.04. The van der Waals surface area contributed by atoms with Crippen LogP contribution in [0.1, 0.15) is 6.92 Å². The van der Waals surface area contributed by atoms with Gasteiger partial charge >= 0.3 is 0 Å². The van der Waals surface area contributed by atoms with Crippen molar-refractivity contribution in [2.75, 3.05) is 11.9 Å². The third-order valence-electron chi connectivity index (χ3n) is 3.28. The van der Waals surface area contributed by atoms with Gasteiger partial charge in [0.1, 0.15) is 30.2 Å². The van der Waals surface area contributed by atoms with Crippen LogP contribution in [-0.2, 0) is 4.74 Å². The summed E-state index contributed by atoms with van der Waals surface area (Å²) in [7, 11) is 0. The van der Waals surface area contributed by atoms with Crippen molar-refractivity contribution in [3.63, 3.8) is 0 Å². The van der Waals surface area contributed by atoms with Gasteiger partial charge in [0.25, 0.3) is 0 Å². The smallest absolute Gasteiger partial charge is 0.229 e. The van der Waals surface area contributed by atoms with Crippen LogP contribution in [0.3, 0.4) is 0 Å². The van der Waals surface area contributed by atoms with Gasteiger partial charge in [0.15, 0.2) is 0 Å². The zero-order chi connectivity index (χ0) is 16.3. The van der Waals surface area contributed by atoms with Crippen LogP contribution in [0.2, 0.25) is 0 Å². The Hall–Kier alpha value is -1.29. The Bertz CT molecular complexity index is 509. The van der Waals surface area contributed by atoms with Gasteiger partial charge < -0.3 is 35.2 Å². The fourth-order valence-electron chi connectivity index (χ4n) is 2.12. The van der Waals surface area contributed by atoms with Crippen LogP contribution < -0.4 is 10.1 Å². The molecule has 1 saturated heterocycles. The predicted octanol–water partition coefficient (Wildman–Crippen LogP) is -0.376. The van der Waals surface area contributed by atoms with Crippen LogP contribution >= 0.6 is 12.2 Å². The van der Waals surface area contributed by atoms with E-state index in [0.29, 0.717) is 10.7 Å². The first-order chi connectivity index (χ1) is 10.4. The minimum absolute atomic E-state index is 0.400. The number of nitrogens with one attached hydrogen (secondary N) is 1. The monoisotopic (exact) mass is 329 g/mol. The lowest BCUT2D eigenvalue weighted by Crippen LogP contribution is -2.60. The Kier molecular flexibility index (Phi) is 5.68. The molecule has 0 radical (unpaired) electrons. The van der Waals surface area contributed by atoms with Crippen molar-refractivity contribution >= 4 is 22.9 Å². The van der Waals surface area contributed by atoms with Crippen LogP contribution in [0.5, 0.6) is 5.75 Å². The molecule has 0 aliphatic carbocycles. The van der Waals surface area contributed by atoms with E-state index in [0.717, 1.165) is 5.69 Å². The molecule has 5 atom stereocenters. The van der Waals surface area contributed by atoms with E-state index in [1.807, 2.05) is 0 Å². The first-order valence-electron chi connectivity index (χ1n) is 6.77.